The van der Waals surface area contributed by atoms with Gasteiger partial charge in [0.25, 0.3) is 15.7 Å². The first kappa shape index (κ1) is 20.7. The fraction of sp³-hybridized carbons (Fsp3) is 0.294. The molecule has 0 atom stereocenters. The van der Waals surface area contributed by atoms with E-state index in [4.69, 9.17) is 0 Å². The van der Waals surface area contributed by atoms with Gasteiger partial charge < -0.3 is 10.2 Å². The summed E-state index contributed by atoms with van der Waals surface area (Å²) in [7, 11) is -5.75. The van der Waals surface area contributed by atoms with Crippen molar-refractivity contribution in [2.45, 2.75) is 24.4 Å². The molecule has 1 N–H and O–H groups in total. The van der Waals surface area contributed by atoms with Gasteiger partial charge in [-0.2, -0.15) is 13.2 Å². The van der Waals surface area contributed by atoms with Gasteiger partial charge in [-0.3, -0.25) is 4.79 Å². The van der Waals surface area contributed by atoms with E-state index in [1.807, 2.05) is 13.8 Å². The van der Waals surface area contributed by atoms with Gasteiger partial charge >= 0.3 is 5.51 Å². The second kappa shape index (κ2) is 7.95. The van der Waals surface area contributed by atoms with Crippen LogP contribution in [0.1, 0.15) is 24.2 Å². The van der Waals surface area contributed by atoms with Crippen molar-refractivity contribution in [3.8, 4) is 0 Å². The Morgan fingerprint density at radius 1 is 1.11 bits per heavy atom. The molecule has 1 amide bonds. The van der Waals surface area contributed by atoms with Gasteiger partial charge in [-0.05, 0) is 50.2 Å². The molecule has 0 saturated carbocycles. The second-order valence-electron chi connectivity index (χ2n) is 5.48. The summed E-state index contributed by atoms with van der Waals surface area (Å²) in [5.74, 6) is -0.999. The molecule has 2 rings (SSSR count). The summed E-state index contributed by atoms with van der Waals surface area (Å²) < 4.78 is 61.7. The van der Waals surface area contributed by atoms with Gasteiger partial charge in [-0.15, -0.1) is 0 Å². The molecule has 0 aliphatic heterocycles. The fourth-order valence-electron chi connectivity index (χ4n) is 2.43. The van der Waals surface area contributed by atoms with Crippen LogP contribution in [0.4, 0.5) is 24.5 Å². The van der Waals surface area contributed by atoms with Crippen LogP contribution in [-0.2, 0) is 9.84 Å². The van der Waals surface area contributed by atoms with Crippen LogP contribution in [0.5, 0.6) is 0 Å². The summed E-state index contributed by atoms with van der Waals surface area (Å²) in [5.41, 5.74) is -5.00. The number of nitrogens with zero attached hydrogens (tertiary/aromatic N) is 2. The molecule has 1 aromatic carbocycles. The molecule has 1 heterocycles. The first-order valence-corrected chi connectivity index (χ1v) is 9.52. The highest BCUT2D eigenvalue weighted by Gasteiger charge is 2.49. The molecule has 0 unspecified atom stereocenters. The lowest BCUT2D eigenvalue weighted by Gasteiger charge is -2.21. The highest BCUT2D eigenvalue weighted by atomic mass is 32.2. The maximum Gasteiger partial charge on any atom is 0.503 e. The number of carbonyl (C=O) groups excluding carboxylic acids is 1. The lowest BCUT2D eigenvalue weighted by Crippen LogP contribution is -2.27. The first-order chi connectivity index (χ1) is 12.6. The van der Waals surface area contributed by atoms with Gasteiger partial charge in [0, 0.05) is 30.7 Å². The van der Waals surface area contributed by atoms with E-state index < -0.39 is 31.8 Å². The number of carbonyl (C=O) groups is 1. The number of alkyl halides is 3. The zero-order valence-electron chi connectivity index (χ0n) is 14.6. The Kier molecular flexibility index (Phi) is 6.09. The molecular formula is C17H18F3N3O3S. The van der Waals surface area contributed by atoms with Crippen LogP contribution < -0.4 is 10.2 Å². The van der Waals surface area contributed by atoms with E-state index in [9.17, 15) is 26.4 Å². The third-order valence-corrected chi connectivity index (χ3v) is 5.27. The summed E-state index contributed by atoms with van der Waals surface area (Å²) in [5, 5.41) is 1.07. The number of rotatable bonds is 6. The lowest BCUT2D eigenvalue weighted by molar-refractivity contribution is -0.0438. The molecule has 0 saturated heterocycles. The smallest absolute Gasteiger partial charge is 0.372 e. The molecule has 1 aromatic heterocycles. The Labute approximate surface area is 154 Å². The van der Waals surface area contributed by atoms with E-state index in [0.717, 1.165) is 31.0 Å². The normalized spacial score (nSPS) is 11.9. The maximum absolute atomic E-state index is 12.8. The minimum absolute atomic E-state index is 0.315. The molecule has 10 heteroatoms. The second-order valence-corrected chi connectivity index (χ2v) is 7.34. The van der Waals surface area contributed by atoms with E-state index in [-0.39, 0.29) is 0 Å². The number of aromatic nitrogens is 1. The summed E-state index contributed by atoms with van der Waals surface area (Å²) in [6.07, 6.45) is 0.883. The highest BCUT2D eigenvalue weighted by Crippen LogP contribution is 2.31. The molecule has 27 heavy (non-hydrogen) atoms. The third-order valence-electron chi connectivity index (χ3n) is 3.83. The van der Waals surface area contributed by atoms with Crippen molar-refractivity contribution in [2.24, 2.45) is 0 Å². The monoisotopic (exact) mass is 401 g/mol. The van der Waals surface area contributed by atoms with Crippen LogP contribution in [0.15, 0.2) is 47.6 Å². The molecule has 0 aliphatic rings. The Morgan fingerprint density at radius 3 is 2.22 bits per heavy atom. The van der Waals surface area contributed by atoms with Crippen molar-refractivity contribution in [3.63, 3.8) is 0 Å². The molecule has 0 fully saturated rings. The minimum atomic E-state index is -5.75. The average molecular weight is 401 g/mol. The Bertz CT molecular complexity index is 909. The van der Waals surface area contributed by atoms with Crippen molar-refractivity contribution in [1.29, 1.82) is 0 Å². The summed E-state index contributed by atoms with van der Waals surface area (Å²) in [4.78, 5) is 17.7. The van der Waals surface area contributed by atoms with Gasteiger partial charge in [-0.25, -0.2) is 13.4 Å². The van der Waals surface area contributed by atoms with Crippen molar-refractivity contribution in [2.75, 3.05) is 23.3 Å². The fourth-order valence-corrected chi connectivity index (χ4v) is 3.30. The number of hydrogen-bond donors (Lipinski definition) is 1. The number of halogens is 3. The Morgan fingerprint density at radius 2 is 1.70 bits per heavy atom. The molecule has 2 aromatic rings. The summed E-state index contributed by atoms with van der Waals surface area (Å²) in [6, 6.07) is 8.83. The van der Waals surface area contributed by atoms with Gasteiger partial charge in [-0.1, -0.05) is 0 Å². The van der Waals surface area contributed by atoms with Crippen LogP contribution in [0, 0.1) is 0 Å². The largest absolute Gasteiger partial charge is 0.503 e. The predicted octanol–water partition coefficient (Wildman–Crippen LogP) is 3.47. The van der Waals surface area contributed by atoms with Gasteiger partial charge in [0.1, 0.15) is 0 Å². The quantitative estimate of drug-likeness (QED) is 0.802. The minimum Gasteiger partial charge on any atom is -0.372 e. The van der Waals surface area contributed by atoms with E-state index in [1.54, 1.807) is 24.3 Å². The highest BCUT2D eigenvalue weighted by molar-refractivity contribution is 7.92. The summed E-state index contributed by atoms with van der Waals surface area (Å²) >= 11 is 0. The number of amides is 1. The molecule has 0 radical (unpaired) electrons. The van der Waals surface area contributed by atoms with Crippen molar-refractivity contribution >= 4 is 27.1 Å². The van der Waals surface area contributed by atoms with Gasteiger partial charge in [0.15, 0.2) is 5.03 Å². The molecule has 6 nitrogen and oxygen atoms in total. The number of pyridine rings is 1. The number of sulfone groups is 1. The number of hydrogen-bond acceptors (Lipinski definition) is 5. The van der Waals surface area contributed by atoms with Crippen molar-refractivity contribution in [1.82, 2.24) is 4.98 Å². The van der Waals surface area contributed by atoms with Gasteiger partial charge in [0.2, 0.25) is 0 Å². The molecule has 0 bridgehead atoms. The SMILES string of the molecule is CCN(CC)c1ccc(NC(=O)c2cccnc2S(=O)(=O)C(F)(F)F)cc1. The zero-order valence-corrected chi connectivity index (χ0v) is 15.4. The zero-order chi connectivity index (χ0) is 20.2. The van der Waals surface area contributed by atoms with E-state index in [2.05, 4.69) is 15.2 Å². The van der Waals surface area contributed by atoms with Crippen LogP contribution >= 0.6 is 0 Å². The van der Waals surface area contributed by atoms with Crippen molar-refractivity contribution in [3.05, 3.63) is 48.2 Å². The maximum atomic E-state index is 12.8. The molecule has 146 valence electrons. The topological polar surface area (TPSA) is 79.4 Å². The third kappa shape index (κ3) is 4.38. The van der Waals surface area contributed by atoms with E-state index in [1.165, 1.54) is 6.07 Å². The molecular weight excluding hydrogens is 383 g/mol. The van der Waals surface area contributed by atoms with Crippen LogP contribution in [-0.4, -0.2) is 37.9 Å². The van der Waals surface area contributed by atoms with E-state index >= 15 is 0 Å². The number of benzene rings is 1. The van der Waals surface area contributed by atoms with Crippen LogP contribution in [0.3, 0.4) is 0 Å². The van der Waals surface area contributed by atoms with Gasteiger partial charge in [0.05, 0.1) is 5.56 Å². The van der Waals surface area contributed by atoms with Crippen LogP contribution in [0.25, 0.3) is 0 Å². The number of anilines is 2. The first-order valence-electron chi connectivity index (χ1n) is 8.04. The standard InChI is InChI=1S/C17H18F3N3O3S/c1-3-23(4-2)13-9-7-12(8-10-13)22-15(24)14-6-5-11-21-16(14)27(25,26)17(18,19)20/h5-11H,3-4H2,1-2H3,(H,22,24). The predicted molar refractivity (Wildman–Crippen MR) is 95.4 cm³/mol. The summed E-state index contributed by atoms with van der Waals surface area (Å²) in [6.45, 7) is 5.56. The molecule has 0 aliphatic carbocycles. The van der Waals surface area contributed by atoms with E-state index in [0.29, 0.717) is 5.69 Å². The van der Waals surface area contributed by atoms with Crippen molar-refractivity contribution < 1.29 is 26.4 Å². The Balaban J connectivity index is 2.30. The molecule has 0 spiro atoms. The number of nitrogens with one attached hydrogen (secondary N) is 1. The lowest BCUT2D eigenvalue weighted by atomic mass is 10.2. The average Bonchev–Trinajstić information content (AvgIpc) is 2.63. The van der Waals surface area contributed by atoms with Crippen LogP contribution in [0.2, 0.25) is 0 Å². The Hall–Kier alpha value is -2.62.